The topological polar surface area (TPSA) is 96.0 Å². The van der Waals surface area contributed by atoms with E-state index in [1.807, 2.05) is 0 Å². The van der Waals surface area contributed by atoms with Crippen LogP contribution in [0.3, 0.4) is 0 Å². The van der Waals surface area contributed by atoms with Crippen LogP contribution in [0, 0.1) is 0 Å². The molecule has 2 aromatic carbocycles. The standard InChI is InChI=1S/C21H26ClN3O5S/c1-15(21(27)23-2)24(13-16-8-7-9-17(12-16)30-3)20(26)14-25(31(4,28)29)19-11-6-5-10-18(19)22/h5-12,15H,13-14H2,1-4H3,(H,23,27)/t15-/m1/s1. The van der Waals surface area contributed by atoms with E-state index >= 15 is 0 Å². The maximum absolute atomic E-state index is 13.3. The molecule has 0 aromatic heterocycles. The quantitative estimate of drug-likeness (QED) is 0.610. The second-order valence-corrected chi connectivity index (χ2v) is 9.20. The lowest BCUT2D eigenvalue weighted by Gasteiger charge is -2.31. The van der Waals surface area contributed by atoms with Gasteiger partial charge in [-0.2, -0.15) is 0 Å². The Labute approximate surface area is 187 Å². The molecular weight excluding hydrogens is 442 g/mol. The molecule has 0 radical (unpaired) electrons. The molecule has 0 bridgehead atoms. The molecule has 10 heteroatoms. The van der Waals surface area contributed by atoms with Crippen molar-refractivity contribution in [3.63, 3.8) is 0 Å². The Kier molecular flexibility index (Phi) is 8.29. The highest BCUT2D eigenvalue weighted by Gasteiger charge is 2.30. The molecule has 0 saturated carbocycles. The van der Waals surface area contributed by atoms with E-state index in [1.165, 1.54) is 25.1 Å². The van der Waals surface area contributed by atoms with Gasteiger partial charge in [0.2, 0.25) is 21.8 Å². The van der Waals surface area contributed by atoms with Gasteiger partial charge in [0.05, 0.1) is 24.1 Å². The van der Waals surface area contributed by atoms with Gasteiger partial charge in [-0.3, -0.25) is 13.9 Å². The second-order valence-electron chi connectivity index (χ2n) is 6.88. The Hall–Kier alpha value is -2.78. The zero-order valence-electron chi connectivity index (χ0n) is 17.8. The lowest BCUT2D eigenvalue weighted by atomic mass is 10.1. The minimum Gasteiger partial charge on any atom is -0.497 e. The summed E-state index contributed by atoms with van der Waals surface area (Å²) in [6.07, 6.45) is 0.998. The molecular formula is C21H26ClN3O5S. The number of benzene rings is 2. The van der Waals surface area contributed by atoms with Crippen LogP contribution in [0.5, 0.6) is 5.75 Å². The number of carbonyl (C=O) groups excluding carboxylic acids is 2. The van der Waals surface area contributed by atoms with E-state index in [1.54, 1.807) is 49.4 Å². The van der Waals surface area contributed by atoms with Crippen molar-refractivity contribution in [2.24, 2.45) is 0 Å². The Morgan fingerprint density at radius 2 is 1.84 bits per heavy atom. The van der Waals surface area contributed by atoms with Gasteiger partial charge in [-0.05, 0) is 36.8 Å². The van der Waals surface area contributed by atoms with E-state index in [2.05, 4.69) is 5.32 Å². The Bertz CT molecular complexity index is 1040. The number of amides is 2. The predicted octanol–water partition coefficient (Wildman–Crippen LogP) is 2.28. The highest BCUT2D eigenvalue weighted by atomic mass is 35.5. The van der Waals surface area contributed by atoms with Crippen LogP contribution in [0.2, 0.25) is 5.02 Å². The van der Waals surface area contributed by atoms with Gasteiger partial charge < -0.3 is 15.0 Å². The summed E-state index contributed by atoms with van der Waals surface area (Å²) in [6.45, 7) is 1.16. The summed E-state index contributed by atoms with van der Waals surface area (Å²) >= 11 is 6.18. The normalized spacial score (nSPS) is 12.0. The zero-order chi connectivity index (χ0) is 23.2. The maximum atomic E-state index is 13.3. The van der Waals surface area contributed by atoms with Crippen molar-refractivity contribution in [1.82, 2.24) is 10.2 Å². The van der Waals surface area contributed by atoms with E-state index in [0.717, 1.165) is 16.1 Å². The van der Waals surface area contributed by atoms with Crippen LogP contribution in [0.15, 0.2) is 48.5 Å². The molecule has 31 heavy (non-hydrogen) atoms. The largest absolute Gasteiger partial charge is 0.497 e. The molecule has 0 fully saturated rings. The van der Waals surface area contributed by atoms with Crippen molar-refractivity contribution < 1.29 is 22.7 Å². The first kappa shape index (κ1) is 24.5. The number of anilines is 1. The molecule has 0 aliphatic carbocycles. The molecule has 8 nitrogen and oxygen atoms in total. The van der Waals surface area contributed by atoms with Crippen LogP contribution in [-0.2, 0) is 26.2 Å². The molecule has 168 valence electrons. The van der Waals surface area contributed by atoms with Gasteiger partial charge in [-0.1, -0.05) is 35.9 Å². The van der Waals surface area contributed by atoms with Gasteiger partial charge in [0, 0.05) is 13.6 Å². The van der Waals surface area contributed by atoms with Crippen LogP contribution < -0.4 is 14.4 Å². The lowest BCUT2D eigenvalue weighted by Crippen LogP contribution is -2.50. The van der Waals surface area contributed by atoms with Crippen molar-refractivity contribution in [2.45, 2.75) is 19.5 Å². The number of hydrogen-bond acceptors (Lipinski definition) is 5. The number of carbonyl (C=O) groups is 2. The molecule has 1 atom stereocenters. The summed E-state index contributed by atoms with van der Waals surface area (Å²) in [5.41, 5.74) is 0.918. The molecule has 0 aliphatic heterocycles. The number of methoxy groups -OCH3 is 1. The van der Waals surface area contributed by atoms with Crippen LogP contribution in [0.25, 0.3) is 0 Å². The third-order valence-corrected chi connectivity index (χ3v) is 6.15. The van der Waals surface area contributed by atoms with Gasteiger partial charge in [0.15, 0.2) is 0 Å². The first-order valence-corrected chi connectivity index (χ1v) is 11.7. The number of ether oxygens (including phenoxy) is 1. The number of rotatable bonds is 9. The van der Waals surface area contributed by atoms with Gasteiger partial charge in [-0.25, -0.2) is 8.42 Å². The van der Waals surface area contributed by atoms with Crippen LogP contribution in [0.4, 0.5) is 5.69 Å². The first-order chi connectivity index (χ1) is 14.6. The summed E-state index contributed by atoms with van der Waals surface area (Å²) in [7, 11) is -0.821. The van der Waals surface area contributed by atoms with E-state index < -0.39 is 28.5 Å². The molecule has 2 aromatic rings. The first-order valence-electron chi connectivity index (χ1n) is 9.44. The number of halogens is 1. The highest BCUT2D eigenvalue weighted by Crippen LogP contribution is 2.27. The maximum Gasteiger partial charge on any atom is 0.244 e. The fourth-order valence-electron chi connectivity index (χ4n) is 3.01. The minimum absolute atomic E-state index is 0.0880. The average Bonchev–Trinajstić information content (AvgIpc) is 2.74. The van der Waals surface area contributed by atoms with Gasteiger partial charge in [0.1, 0.15) is 18.3 Å². The fraction of sp³-hybridized carbons (Fsp3) is 0.333. The number of para-hydroxylation sites is 1. The number of nitrogens with one attached hydrogen (secondary N) is 1. The summed E-state index contributed by atoms with van der Waals surface area (Å²) in [4.78, 5) is 26.9. The third-order valence-electron chi connectivity index (χ3n) is 4.70. The van der Waals surface area contributed by atoms with Crippen LogP contribution in [-0.4, -0.2) is 58.1 Å². The van der Waals surface area contributed by atoms with Crippen molar-refractivity contribution in [3.8, 4) is 5.75 Å². The van der Waals surface area contributed by atoms with Crippen LogP contribution >= 0.6 is 11.6 Å². The van der Waals surface area contributed by atoms with Gasteiger partial charge in [0.25, 0.3) is 0 Å². The monoisotopic (exact) mass is 467 g/mol. The number of likely N-dealkylation sites (N-methyl/N-ethyl adjacent to an activating group) is 1. The summed E-state index contributed by atoms with van der Waals surface area (Å²) < 4.78 is 31.0. The molecule has 0 aliphatic rings. The molecule has 2 amide bonds. The fourth-order valence-corrected chi connectivity index (χ4v) is 4.16. The van der Waals surface area contributed by atoms with E-state index in [9.17, 15) is 18.0 Å². The number of sulfonamides is 1. The van der Waals surface area contributed by atoms with E-state index in [4.69, 9.17) is 16.3 Å². The second kappa shape index (κ2) is 10.5. The smallest absolute Gasteiger partial charge is 0.244 e. The summed E-state index contributed by atoms with van der Waals surface area (Å²) in [5.74, 6) is -0.324. The Morgan fingerprint density at radius 1 is 1.16 bits per heavy atom. The third kappa shape index (κ3) is 6.35. The van der Waals surface area contributed by atoms with Crippen molar-refractivity contribution in [1.29, 1.82) is 0 Å². The predicted molar refractivity (Wildman–Crippen MR) is 121 cm³/mol. The number of hydrogen-bond donors (Lipinski definition) is 1. The lowest BCUT2D eigenvalue weighted by molar-refractivity contribution is -0.139. The SMILES string of the molecule is CNC(=O)[C@@H](C)N(Cc1cccc(OC)c1)C(=O)CN(c1ccccc1Cl)S(C)(=O)=O. The Balaban J connectivity index is 2.40. The minimum atomic E-state index is -3.82. The molecule has 1 N–H and O–H groups in total. The average molecular weight is 468 g/mol. The van der Waals surface area contributed by atoms with Crippen molar-refractivity contribution in [3.05, 3.63) is 59.1 Å². The molecule has 0 spiro atoms. The number of nitrogens with zero attached hydrogens (tertiary/aromatic N) is 2. The Morgan fingerprint density at radius 3 is 2.42 bits per heavy atom. The zero-order valence-corrected chi connectivity index (χ0v) is 19.4. The van der Waals surface area contributed by atoms with Crippen molar-refractivity contribution in [2.75, 3.05) is 31.3 Å². The van der Waals surface area contributed by atoms with Crippen molar-refractivity contribution >= 4 is 39.1 Å². The summed E-state index contributed by atoms with van der Waals surface area (Å²) in [6, 6.07) is 12.6. The van der Waals surface area contributed by atoms with E-state index in [0.29, 0.717) is 5.75 Å². The van der Waals surface area contributed by atoms with Gasteiger partial charge >= 0.3 is 0 Å². The molecule has 2 rings (SSSR count). The van der Waals surface area contributed by atoms with Gasteiger partial charge in [-0.15, -0.1) is 0 Å². The molecule has 0 saturated heterocycles. The molecule has 0 heterocycles. The van der Waals surface area contributed by atoms with Crippen LogP contribution in [0.1, 0.15) is 12.5 Å². The highest BCUT2D eigenvalue weighted by molar-refractivity contribution is 7.92. The summed E-state index contributed by atoms with van der Waals surface area (Å²) in [5, 5.41) is 2.72. The molecule has 0 unspecified atom stereocenters. The van der Waals surface area contributed by atoms with E-state index in [-0.39, 0.29) is 23.2 Å².